The number of benzene rings is 1. The Morgan fingerprint density at radius 3 is 2.77 bits per heavy atom. The molecule has 1 aliphatic heterocycles. The predicted molar refractivity (Wildman–Crippen MR) is 85.5 cm³/mol. The van der Waals surface area contributed by atoms with Crippen molar-refractivity contribution in [3.05, 3.63) is 36.0 Å². The van der Waals surface area contributed by atoms with Crippen LogP contribution in [0.4, 0.5) is 4.79 Å². The molecule has 1 aliphatic rings. The molecule has 3 amide bonds. The van der Waals surface area contributed by atoms with Gasteiger partial charge in [-0.2, -0.15) is 0 Å². The van der Waals surface area contributed by atoms with Crippen LogP contribution in [0.3, 0.4) is 0 Å². The molecule has 0 radical (unpaired) electrons. The number of aromatic amines is 1. The van der Waals surface area contributed by atoms with E-state index in [1.165, 1.54) is 4.90 Å². The average molecular weight is 299 g/mol. The Morgan fingerprint density at radius 1 is 1.23 bits per heavy atom. The Kier molecular flexibility index (Phi) is 3.88. The zero-order chi connectivity index (χ0) is 15.7. The van der Waals surface area contributed by atoms with Crippen molar-refractivity contribution in [1.29, 1.82) is 0 Å². The molecule has 0 spiro atoms. The average Bonchev–Trinajstić information content (AvgIpc) is 2.99. The molecule has 0 unspecified atom stereocenters. The van der Waals surface area contributed by atoms with Gasteiger partial charge in [-0.15, -0.1) is 0 Å². The first-order chi connectivity index (χ1) is 10.6. The van der Waals surface area contributed by atoms with E-state index in [4.69, 9.17) is 0 Å². The van der Waals surface area contributed by atoms with Crippen LogP contribution in [0.2, 0.25) is 0 Å². The fraction of sp³-hybridized carbons (Fsp3) is 0.412. The number of H-pyrrole nitrogens is 1. The lowest BCUT2D eigenvalue weighted by atomic mass is 10.0. The van der Waals surface area contributed by atoms with Gasteiger partial charge in [0.2, 0.25) is 0 Å². The van der Waals surface area contributed by atoms with E-state index in [1.54, 1.807) is 0 Å². The molecule has 1 atom stereocenters. The SMILES string of the molecule is CC(C)C[C@H]1NC(=O)N(CCc2c[nH]c3ccccc23)C1=O. The number of fused-ring (bicyclic) bond motifs is 1. The van der Waals surface area contributed by atoms with Gasteiger partial charge in [0.15, 0.2) is 0 Å². The summed E-state index contributed by atoms with van der Waals surface area (Å²) < 4.78 is 0. The van der Waals surface area contributed by atoms with Crippen molar-refractivity contribution in [2.75, 3.05) is 6.54 Å². The minimum absolute atomic E-state index is 0.0986. The zero-order valence-electron chi connectivity index (χ0n) is 12.9. The van der Waals surface area contributed by atoms with Crippen molar-refractivity contribution in [2.24, 2.45) is 5.92 Å². The summed E-state index contributed by atoms with van der Waals surface area (Å²) in [6.07, 6.45) is 3.31. The van der Waals surface area contributed by atoms with Gasteiger partial charge >= 0.3 is 6.03 Å². The number of para-hydroxylation sites is 1. The number of hydrogen-bond donors (Lipinski definition) is 2. The second-order valence-electron chi connectivity index (χ2n) is 6.23. The third kappa shape index (κ3) is 2.71. The van der Waals surface area contributed by atoms with Gasteiger partial charge in [-0.25, -0.2) is 4.79 Å². The molecule has 1 aromatic carbocycles. The van der Waals surface area contributed by atoms with E-state index in [0.29, 0.717) is 25.3 Å². The number of urea groups is 1. The third-order valence-corrected chi connectivity index (χ3v) is 4.09. The smallest absolute Gasteiger partial charge is 0.324 e. The standard InChI is InChI=1S/C17H21N3O2/c1-11(2)9-15-16(21)20(17(22)19-15)8-7-12-10-18-14-6-4-3-5-13(12)14/h3-6,10-11,15,18H,7-9H2,1-2H3,(H,19,22)/t15-/m1/s1. The van der Waals surface area contributed by atoms with E-state index in [9.17, 15) is 9.59 Å². The number of amides is 3. The van der Waals surface area contributed by atoms with Crippen LogP contribution < -0.4 is 5.32 Å². The van der Waals surface area contributed by atoms with E-state index in [0.717, 1.165) is 16.5 Å². The molecule has 0 aliphatic carbocycles. The number of rotatable bonds is 5. The highest BCUT2D eigenvalue weighted by Gasteiger charge is 2.37. The fourth-order valence-electron chi connectivity index (χ4n) is 2.99. The zero-order valence-corrected chi connectivity index (χ0v) is 12.9. The Bertz CT molecular complexity index is 705. The van der Waals surface area contributed by atoms with Gasteiger partial charge in [0.25, 0.3) is 5.91 Å². The van der Waals surface area contributed by atoms with Crippen molar-refractivity contribution < 1.29 is 9.59 Å². The Morgan fingerprint density at radius 2 is 2.00 bits per heavy atom. The first kappa shape index (κ1) is 14.6. The molecule has 1 aromatic heterocycles. The second-order valence-corrected chi connectivity index (χ2v) is 6.23. The lowest BCUT2D eigenvalue weighted by Crippen LogP contribution is -2.33. The number of nitrogens with zero attached hydrogens (tertiary/aromatic N) is 1. The number of carbonyl (C=O) groups is 2. The predicted octanol–water partition coefficient (Wildman–Crippen LogP) is 2.68. The van der Waals surface area contributed by atoms with E-state index < -0.39 is 0 Å². The molecule has 1 saturated heterocycles. The Hall–Kier alpha value is -2.30. The van der Waals surface area contributed by atoms with Crippen LogP contribution >= 0.6 is 0 Å². The highest BCUT2D eigenvalue weighted by atomic mass is 16.2. The second kappa shape index (κ2) is 5.83. The van der Waals surface area contributed by atoms with Gasteiger partial charge in [0.05, 0.1) is 0 Å². The molecule has 1 fully saturated rings. The lowest BCUT2D eigenvalue weighted by molar-refractivity contribution is -0.127. The van der Waals surface area contributed by atoms with E-state index >= 15 is 0 Å². The quantitative estimate of drug-likeness (QED) is 0.834. The summed E-state index contributed by atoms with van der Waals surface area (Å²) in [5, 5.41) is 3.93. The molecule has 0 saturated carbocycles. The van der Waals surface area contributed by atoms with Crippen LogP contribution in [0.1, 0.15) is 25.8 Å². The molecule has 2 heterocycles. The van der Waals surface area contributed by atoms with Crippen LogP contribution in [0.5, 0.6) is 0 Å². The summed E-state index contributed by atoms with van der Waals surface area (Å²) in [6, 6.07) is 7.41. The molecular weight excluding hydrogens is 278 g/mol. The largest absolute Gasteiger partial charge is 0.361 e. The van der Waals surface area contributed by atoms with Crippen LogP contribution in [0, 0.1) is 5.92 Å². The van der Waals surface area contributed by atoms with Gasteiger partial charge < -0.3 is 10.3 Å². The summed E-state index contributed by atoms with van der Waals surface area (Å²) in [5.41, 5.74) is 2.20. The lowest BCUT2D eigenvalue weighted by Gasteiger charge is -2.13. The fourth-order valence-corrected chi connectivity index (χ4v) is 2.99. The van der Waals surface area contributed by atoms with Gasteiger partial charge in [-0.05, 0) is 30.4 Å². The van der Waals surface area contributed by atoms with E-state index in [2.05, 4.69) is 16.4 Å². The molecule has 116 valence electrons. The molecule has 2 N–H and O–H groups in total. The number of hydrogen-bond acceptors (Lipinski definition) is 2. The maximum Gasteiger partial charge on any atom is 0.324 e. The molecular formula is C17H21N3O2. The van der Waals surface area contributed by atoms with Crippen molar-refractivity contribution >= 4 is 22.8 Å². The molecule has 5 heteroatoms. The van der Waals surface area contributed by atoms with Crippen molar-refractivity contribution in [2.45, 2.75) is 32.7 Å². The first-order valence-electron chi connectivity index (χ1n) is 7.73. The summed E-state index contributed by atoms with van der Waals surface area (Å²) in [5.74, 6) is 0.279. The van der Waals surface area contributed by atoms with E-state index in [1.807, 2.05) is 38.2 Å². The molecule has 3 rings (SSSR count). The third-order valence-electron chi connectivity index (χ3n) is 4.09. The van der Waals surface area contributed by atoms with Crippen molar-refractivity contribution in [3.63, 3.8) is 0 Å². The van der Waals surface area contributed by atoms with E-state index in [-0.39, 0.29) is 18.0 Å². The van der Waals surface area contributed by atoms with Gasteiger partial charge in [0, 0.05) is 23.6 Å². The minimum atomic E-state index is -0.365. The van der Waals surface area contributed by atoms with Crippen molar-refractivity contribution in [3.8, 4) is 0 Å². The number of aromatic nitrogens is 1. The Balaban J connectivity index is 1.68. The highest BCUT2D eigenvalue weighted by molar-refractivity contribution is 6.04. The van der Waals surface area contributed by atoms with Crippen LogP contribution in [-0.4, -0.2) is 34.4 Å². The summed E-state index contributed by atoms with van der Waals surface area (Å²) in [6.45, 7) is 4.52. The summed E-state index contributed by atoms with van der Waals surface area (Å²) >= 11 is 0. The normalized spacial score (nSPS) is 18.5. The van der Waals surface area contributed by atoms with Crippen LogP contribution in [0.25, 0.3) is 10.9 Å². The summed E-state index contributed by atoms with van der Waals surface area (Å²) in [4.78, 5) is 28.9. The highest BCUT2D eigenvalue weighted by Crippen LogP contribution is 2.20. The maximum atomic E-state index is 12.3. The molecule has 22 heavy (non-hydrogen) atoms. The number of nitrogens with one attached hydrogen (secondary N) is 2. The van der Waals surface area contributed by atoms with Gasteiger partial charge in [-0.1, -0.05) is 32.0 Å². The minimum Gasteiger partial charge on any atom is -0.361 e. The summed E-state index contributed by atoms with van der Waals surface area (Å²) in [7, 11) is 0. The van der Waals surface area contributed by atoms with Gasteiger partial charge in [0.1, 0.15) is 6.04 Å². The number of imide groups is 1. The molecule has 2 aromatic rings. The Labute approximate surface area is 129 Å². The maximum absolute atomic E-state index is 12.3. The van der Waals surface area contributed by atoms with Crippen LogP contribution in [-0.2, 0) is 11.2 Å². The van der Waals surface area contributed by atoms with Crippen molar-refractivity contribution in [1.82, 2.24) is 15.2 Å². The molecule has 5 nitrogen and oxygen atoms in total. The molecule has 0 bridgehead atoms. The topological polar surface area (TPSA) is 65.2 Å². The van der Waals surface area contributed by atoms with Gasteiger partial charge in [-0.3, -0.25) is 9.69 Å². The van der Waals surface area contributed by atoms with Crippen LogP contribution in [0.15, 0.2) is 30.5 Å². The number of carbonyl (C=O) groups excluding carboxylic acids is 2. The first-order valence-corrected chi connectivity index (χ1v) is 7.73. The monoisotopic (exact) mass is 299 g/mol.